The van der Waals surface area contributed by atoms with Crippen LogP contribution in [-0.2, 0) is 6.42 Å². The minimum absolute atomic E-state index is 0.173. The quantitative estimate of drug-likeness (QED) is 0.723. The Balaban J connectivity index is 1.95. The van der Waals surface area contributed by atoms with E-state index in [0.717, 1.165) is 40.3 Å². The summed E-state index contributed by atoms with van der Waals surface area (Å²) in [6, 6.07) is 10.7. The number of fused-ring (bicyclic) bond motifs is 2. The molecule has 106 valence electrons. The molecule has 0 aliphatic heterocycles. The Morgan fingerprint density at radius 1 is 1.29 bits per heavy atom. The molecular weight excluding hydrogens is 326 g/mol. The molecule has 0 saturated carbocycles. The Kier molecular flexibility index (Phi) is 3.08. The zero-order valence-corrected chi connectivity index (χ0v) is 13.2. The van der Waals surface area contributed by atoms with Gasteiger partial charge in [-0.05, 0) is 59.0 Å². The molecule has 0 fully saturated rings. The van der Waals surface area contributed by atoms with E-state index in [1.165, 1.54) is 11.3 Å². The molecule has 1 aromatic carbocycles. The average Bonchev–Trinajstić information content (AvgIpc) is 2.91. The highest BCUT2D eigenvalue weighted by Crippen LogP contribution is 2.32. The number of para-hydroxylation sites is 1. The summed E-state index contributed by atoms with van der Waals surface area (Å²) in [5.41, 5.74) is 11.0. The highest BCUT2D eigenvalue weighted by molar-refractivity contribution is 9.10. The normalized spacial score (nSPS) is 17.9. The highest BCUT2D eigenvalue weighted by atomic mass is 79.9. The first-order chi connectivity index (χ1) is 10.2. The maximum atomic E-state index is 6.24. The van der Waals surface area contributed by atoms with E-state index >= 15 is 0 Å². The van der Waals surface area contributed by atoms with Crippen LogP contribution in [0.4, 0.5) is 0 Å². The number of hydrogen-bond donors (Lipinski definition) is 1. The van der Waals surface area contributed by atoms with Crippen molar-refractivity contribution in [2.75, 3.05) is 0 Å². The topological polar surface area (TPSA) is 43.8 Å². The second-order valence-corrected chi connectivity index (χ2v) is 6.50. The molecular formula is C17H16BrN3. The molecule has 1 atom stereocenters. The van der Waals surface area contributed by atoms with Crippen molar-refractivity contribution >= 4 is 26.8 Å². The predicted octanol–water partition coefficient (Wildman–Crippen LogP) is 4.12. The maximum Gasteiger partial charge on any atom is 0.0942 e. The summed E-state index contributed by atoms with van der Waals surface area (Å²) in [5, 5.41) is 1.14. The molecule has 4 rings (SSSR count). The van der Waals surface area contributed by atoms with Gasteiger partial charge in [-0.1, -0.05) is 12.1 Å². The first-order valence-electron chi connectivity index (χ1n) is 7.24. The Labute approximate surface area is 131 Å². The number of nitrogens with zero attached hydrogens (tertiary/aromatic N) is 2. The van der Waals surface area contributed by atoms with Crippen LogP contribution in [0.15, 0.2) is 47.2 Å². The lowest BCUT2D eigenvalue weighted by molar-refractivity contribution is 0.560. The van der Waals surface area contributed by atoms with Gasteiger partial charge in [0.05, 0.1) is 11.2 Å². The molecule has 1 unspecified atom stereocenters. The molecule has 0 amide bonds. The smallest absolute Gasteiger partial charge is 0.0942 e. The van der Waals surface area contributed by atoms with Gasteiger partial charge < -0.3 is 10.3 Å². The van der Waals surface area contributed by atoms with Crippen LogP contribution in [0.3, 0.4) is 0 Å². The summed E-state index contributed by atoms with van der Waals surface area (Å²) in [6.07, 6.45) is 7.31. The summed E-state index contributed by atoms with van der Waals surface area (Å²) >= 11 is 3.49. The predicted molar refractivity (Wildman–Crippen MR) is 88.6 cm³/mol. The van der Waals surface area contributed by atoms with Crippen LogP contribution in [0.25, 0.3) is 16.6 Å². The third-order valence-electron chi connectivity index (χ3n) is 4.27. The third kappa shape index (κ3) is 2.10. The molecule has 0 spiro atoms. The monoisotopic (exact) mass is 341 g/mol. The molecule has 0 bridgehead atoms. The van der Waals surface area contributed by atoms with E-state index in [-0.39, 0.29) is 6.04 Å². The number of benzene rings is 1. The standard InChI is InChI=1S/C17H16BrN3/c18-12-9-11-3-1-6-16(17(11)20-10-12)21-8-7-13-14(19)4-2-5-15(13)21/h1,3,6-10,14H,2,4-5,19H2. The molecule has 0 radical (unpaired) electrons. The van der Waals surface area contributed by atoms with Crippen LogP contribution in [-0.4, -0.2) is 9.55 Å². The van der Waals surface area contributed by atoms with E-state index in [4.69, 9.17) is 5.73 Å². The molecule has 4 heteroatoms. The first-order valence-corrected chi connectivity index (χ1v) is 8.04. The highest BCUT2D eigenvalue weighted by Gasteiger charge is 2.21. The van der Waals surface area contributed by atoms with Crippen LogP contribution in [0, 0.1) is 0 Å². The van der Waals surface area contributed by atoms with Crippen molar-refractivity contribution in [3.05, 3.63) is 58.5 Å². The summed E-state index contributed by atoms with van der Waals surface area (Å²) < 4.78 is 3.26. The molecule has 2 aromatic heterocycles. The SMILES string of the molecule is NC1CCCc2c1ccn2-c1cccc2cc(Br)cnc12. The second kappa shape index (κ2) is 4.97. The van der Waals surface area contributed by atoms with E-state index in [2.05, 4.69) is 62.0 Å². The van der Waals surface area contributed by atoms with Gasteiger partial charge in [0.15, 0.2) is 0 Å². The van der Waals surface area contributed by atoms with Gasteiger partial charge in [-0.2, -0.15) is 0 Å². The summed E-state index contributed by atoms with van der Waals surface area (Å²) in [6.45, 7) is 0. The van der Waals surface area contributed by atoms with Crippen LogP contribution >= 0.6 is 15.9 Å². The summed E-state index contributed by atoms with van der Waals surface area (Å²) in [7, 11) is 0. The van der Waals surface area contributed by atoms with Crippen LogP contribution in [0.1, 0.15) is 30.1 Å². The Bertz CT molecular complexity index is 822. The molecule has 3 nitrogen and oxygen atoms in total. The maximum absolute atomic E-state index is 6.24. The first kappa shape index (κ1) is 13.0. The number of nitrogens with two attached hydrogens (primary N) is 1. The number of hydrogen-bond acceptors (Lipinski definition) is 2. The fourth-order valence-electron chi connectivity index (χ4n) is 3.27. The van der Waals surface area contributed by atoms with Crippen LogP contribution < -0.4 is 5.73 Å². The number of aromatic nitrogens is 2. The summed E-state index contributed by atoms with van der Waals surface area (Å²) in [5.74, 6) is 0. The minimum Gasteiger partial charge on any atom is -0.324 e. The van der Waals surface area contributed by atoms with Crippen molar-refractivity contribution < 1.29 is 0 Å². The average molecular weight is 342 g/mol. The van der Waals surface area contributed by atoms with Crippen molar-refractivity contribution in [2.24, 2.45) is 5.73 Å². The zero-order valence-electron chi connectivity index (χ0n) is 11.6. The number of rotatable bonds is 1. The van der Waals surface area contributed by atoms with Crippen molar-refractivity contribution in [3.8, 4) is 5.69 Å². The van der Waals surface area contributed by atoms with Crippen molar-refractivity contribution in [3.63, 3.8) is 0 Å². The van der Waals surface area contributed by atoms with Crippen molar-refractivity contribution in [1.29, 1.82) is 0 Å². The Morgan fingerprint density at radius 3 is 3.10 bits per heavy atom. The number of halogens is 1. The lowest BCUT2D eigenvalue weighted by Gasteiger charge is -2.21. The van der Waals surface area contributed by atoms with Crippen LogP contribution in [0.5, 0.6) is 0 Å². The van der Waals surface area contributed by atoms with Gasteiger partial charge in [0.1, 0.15) is 0 Å². The van der Waals surface area contributed by atoms with E-state index in [9.17, 15) is 0 Å². The van der Waals surface area contributed by atoms with Crippen molar-refractivity contribution in [1.82, 2.24) is 9.55 Å². The molecule has 21 heavy (non-hydrogen) atoms. The van der Waals surface area contributed by atoms with E-state index in [1.54, 1.807) is 0 Å². The van der Waals surface area contributed by atoms with E-state index < -0.39 is 0 Å². The third-order valence-corrected chi connectivity index (χ3v) is 4.70. The largest absolute Gasteiger partial charge is 0.324 e. The molecule has 2 heterocycles. The Morgan fingerprint density at radius 2 is 2.19 bits per heavy atom. The molecule has 1 aliphatic rings. The zero-order chi connectivity index (χ0) is 14.4. The molecule has 0 saturated heterocycles. The lowest BCUT2D eigenvalue weighted by atomic mass is 9.93. The fraction of sp³-hybridized carbons (Fsp3) is 0.235. The Hall–Kier alpha value is -1.65. The second-order valence-electron chi connectivity index (χ2n) is 5.59. The van der Waals surface area contributed by atoms with Crippen molar-refractivity contribution in [2.45, 2.75) is 25.3 Å². The van der Waals surface area contributed by atoms with E-state index in [0.29, 0.717) is 0 Å². The molecule has 1 aliphatic carbocycles. The van der Waals surface area contributed by atoms with Gasteiger partial charge >= 0.3 is 0 Å². The molecule has 2 N–H and O–H groups in total. The minimum atomic E-state index is 0.173. The van der Waals surface area contributed by atoms with Gasteiger partial charge in [0, 0.05) is 34.0 Å². The van der Waals surface area contributed by atoms with Gasteiger partial charge in [-0.15, -0.1) is 0 Å². The van der Waals surface area contributed by atoms with Gasteiger partial charge in [-0.25, -0.2) is 0 Å². The number of pyridine rings is 1. The molecule has 3 aromatic rings. The van der Waals surface area contributed by atoms with Gasteiger partial charge in [-0.3, -0.25) is 4.98 Å². The van der Waals surface area contributed by atoms with Crippen LogP contribution in [0.2, 0.25) is 0 Å². The van der Waals surface area contributed by atoms with Gasteiger partial charge in [0.25, 0.3) is 0 Å². The van der Waals surface area contributed by atoms with Gasteiger partial charge in [0.2, 0.25) is 0 Å². The lowest BCUT2D eigenvalue weighted by Crippen LogP contribution is -2.17. The van der Waals surface area contributed by atoms with E-state index in [1.807, 2.05) is 6.20 Å². The summed E-state index contributed by atoms with van der Waals surface area (Å²) in [4.78, 5) is 4.61. The fourth-order valence-corrected chi connectivity index (χ4v) is 3.61.